The molecule has 2 aromatic heterocycles. The van der Waals surface area contributed by atoms with Gasteiger partial charge in [-0.25, -0.2) is 4.68 Å². The number of carbonyl (C=O) groups is 1. The zero-order chi connectivity index (χ0) is 19.3. The van der Waals surface area contributed by atoms with Gasteiger partial charge >= 0.3 is 6.18 Å². The molecular weight excluding hydrogens is 369 g/mol. The summed E-state index contributed by atoms with van der Waals surface area (Å²) in [5.41, 5.74) is 0. The highest BCUT2D eigenvalue weighted by atomic mass is 19.4. The lowest BCUT2D eigenvalue weighted by Crippen LogP contribution is -2.38. The largest absolute Gasteiger partial charge is 0.467 e. The highest BCUT2D eigenvalue weighted by Gasteiger charge is 2.43. The molecule has 148 valence electrons. The Morgan fingerprint density at radius 2 is 2.11 bits per heavy atom. The van der Waals surface area contributed by atoms with Crippen LogP contribution in [0.3, 0.4) is 0 Å². The van der Waals surface area contributed by atoms with Gasteiger partial charge in [-0.2, -0.15) is 13.2 Å². The number of tetrazole rings is 1. The van der Waals surface area contributed by atoms with Crippen LogP contribution in [0.25, 0.3) is 0 Å². The molecule has 1 atom stereocenters. The van der Waals surface area contributed by atoms with Crippen LogP contribution in [0, 0.1) is 0 Å². The van der Waals surface area contributed by atoms with Gasteiger partial charge < -0.3 is 14.5 Å². The number of hydrogen-bond donors (Lipinski definition) is 1. The fourth-order valence-corrected chi connectivity index (χ4v) is 2.68. The molecule has 1 amide bonds. The maximum Gasteiger partial charge on any atom is 0.415 e. The van der Waals surface area contributed by atoms with E-state index in [2.05, 4.69) is 20.4 Å². The van der Waals surface area contributed by atoms with Gasteiger partial charge in [-0.05, 0) is 22.6 Å². The molecule has 0 aromatic carbocycles. The molecule has 0 bridgehead atoms. The van der Waals surface area contributed by atoms with Gasteiger partial charge in [0.15, 0.2) is 11.9 Å². The highest BCUT2D eigenvalue weighted by Crippen LogP contribution is 2.32. The third-order valence-electron chi connectivity index (χ3n) is 4.09. The number of amides is 1. The van der Waals surface area contributed by atoms with Crippen LogP contribution in [0.4, 0.5) is 13.2 Å². The molecule has 12 heteroatoms. The summed E-state index contributed by atoms with van der Waals surface area (Å²) in [6, 6.07) is 0.307. The summed E-state index contributed by atoms with van der Waals surface area (Å²) in [4.78, 5) is 14.1. The van der Waals surface area contributed by atoms with Crippen molar-refractivity contribution in [2.45, 2.75) is 31.7 Å². The first kappa shape index (κ1) is 19.3. The number of ether oxygens (including phenoxy) is 1. The van der Waals surface area contributed by atoms with E-state index in [1.807, 2.05) is 5.32 Å². The second-order valence-corrected chi connectivity index (χ2v) is 6.01. The number of hydrogen-bond acceptors (Lipinski definition) is 7. The van der Waals surface area contributed by atoms with Gasteiger partial charge in [0.25, 0.3) is 0 Å². The van der Waals surface area contributed by atoms with Crippen molar-refractivity contribution in [2.75, 3.05) is 26.3 Å². The topological polar surface area (TPSA) is 98.3 Å². The van der Waals surface area contributed by atoms with Crippen LogP contribution in [-0.2, 0) is 22.6 Å². The van der Waals surface area contributed by atoms with Crippen molar-refractivity contribution in [1.82, 2.24) is 30.4 Å². The van der Waals surface area contributed by atoms with Gasteiger partial charge in [-0.15, -0.1) is 5.10 Å². The molecule has 9 nitrogen and oxygen atoms in total. The summed E-state index contributed by atoms with van der Waals surface area (Å²) < 4.78 is 50.9. The molecule has 0 aliphatic carbocycles. The minimum absolute atomic E-state index is 0.0707. The second-order valence-electron chi connectivity index (χ2n) is 6.01. The van der Waals surface area contributed by atoms with E-state index in [1.54, 1.807) is 0 Å². The van der Waals surface area contributed by atoms with Crippen LogP contribution in [0.15, 0.2) is 22.8 Å². The average molecular weight is 388 g/mol. The number of rotatable bonds is 7. The fourth-order valence-electron chi connectivity index (χ4n) is 2.68. The van der Waals surface area contributed by atoms with Crippen molar-refractivity contribution in [1.29, 1.82) is 0 Å². The predicted molar refractivity (Wildman–Crippen MR) is 84.2 cm³/mol. The maximum atomic E-state index is 13.2. The standard InChI is InChI=1S/C15H19F3N6O3/c16-15(17,18)14(11-2-1-7-27-11)19-13(25)3-4-24-12(20-21-22-24)10-23-5-8-26-9-6-23/h1-2,7,14H,3-6,8-10H2,(H,19,25)/t14-/m0/s1. The zero-order valence-electron chi connectivity index (χ0n) is 14.4. The highest BCUT2D eigenvalue weighted by molar-refractivity contribution is 5.76. The third kappa shape index (κ3) is 5.26. The lowest BCUT2D eigenvalue weighted by Gasteiger charge is -2.25. The van der Waals surface area contributed by atoms with Gasteiger partial charge in [0.05, 0.1) is 32.6 Å². The van der Waals surface area contributed by atoms with Crippen molar-refractivity contribution in [3.05, 3.63) is 30.0 Å². The molecule has 0 spiro atoms. The number of alkyl halides is 3. The first-order valence-electron chi connectivity index (χ1n) is 8.38. The van der Waals surface area contributed by atoms with E-state index >= 15 is 0 Å². The zero-order valence-corrected chi connectivity index (χ0v) is 14.4. The molecule has 27 heavy (non-hydrogen) atoms. The number of aromatic nitrogens is 4. The lowest BCUT2D eigenvalue weighted by atomic mass is 10.2. The molecule has 1 saturated heterocycles. The van der Waals surface area contributed by atoms with Gasteiger partial charge in [-0.1, -0.05) is 0 Å². The Bertz CT molecular complexity index is 727. The van der Waals surface area contributed by atoms with E-state index in [4.69, 9.17) is 9.15 Å². The SMILES string of the molecule is O=C(CCn1nnnc1CN1CCOCC1)N[C@@H](c1ccco1)C(F)(F)F. The van der Waals surface area contributed by atoms with Crippen molar-refractivity contribution in [2.24, 2.45) is 0 Å². The Kier molecular flexibility index (Phi) is 6.06. The quantitative estimate of drug-likeness (QED) is 0.753. The molecule has 1 fully saturated rings. The number of nitrogens with zero attached hydrogens (tertiary/aromatic N) is 5. The molecular formula is C15H19F3N6O3. The van der Waals surface area contributed by atoms with Crippen LogP contribution < -0.4 is 5.32 Å². The normalized spacial score (nSPS) is 17.0. The Labute approximate surface area is 152 Å². The molecule has 0 radical (unpaired) electrons. The Morgan fingerprint density at radius 1 is 1.33 bits per heavy atom. The smallest absolute Gasteiger partial charge is 0.415 e. The van der Waals surface area contributed by atoms with Crippen LogP contribution in [-0.4, -0.2) is 63.5 Å². The number of aryl methyl sites for hydroxylation is 1. The molecule has 3 rings (SSSR count). The molecule has 1 aliphatic rings. The monoisotopic (exact) mass is 388 g/mol. The van der Waals surface area contributed by atoms with E-state index < -0.39 is 18.1 Å². The molecule has 3 heterocycles. The van der Waals surface area contributed by atoms with E-state index in [1.165, 1.54) is 16.8 Å². The van der Waals surface area contributed by atoms with Gasteiger partial charge in [-0.3, -0.25) is 9.69 Å². The second kappa shape index (κ2) is 8.48. The number of nitrogens with one attached hydrogen (secondary N) is 1. The van der Waals surface area contributed by atoms with E-state index in [0.29, 0.717) is 25.6 Å². The maximum absolute atomic E-state index is 13.2. The first-order valence-corrected chi connectivity index (χ1v) is 8.38. The minimum atomic E-state index is -4.66. The Morgan fingerprint density at radius 3 is 2.78 bits per heavy atom. The average Bonchev–Trinajstić information content (AvgIpc) is 3.30. The summed E-state index contributed by atoms with van der Waals surface area (Å²) in [6.07, 6.45) is -3.74. The summed E-state index contributed by atoms with van der Waals surface area (Å²) >= 11 is 0. The van der Waals surface area contributed by atoms with Crippen molar-refractivity contribution in [3.8, 4) is 0 Å². The number of furan rings is 1. The lowest BCUT2D eigenvalue weighted by molar-refractivity contribution is -0.166. The summed E-state index contributed by atoms with van der Waals surface area (Å²) in [6.45, 7) is 3.27. The van der Waals surface area contributed by atoms with E-state index in [-0.39, 0.29) is 18.7 Å². The number of carbonyl (C=O) groups excluding carboxylic acids is 1. The van der Waals surface area contributed by atoms with Crippen LogP contribution in [0.1, 0.15) is 24.0 Å². The summed E-state index contributed by atoms with van der Waals surface area (Å²) in [5, 5.41) is 13.3. The van der Waals surface area contributed by atoms with Crippen molar-refractivity contribution >= 4 is 5.91 Å². The van der Waals surface area contributed by atoms with Crippen LogP contribution in [0.5, 0.6) is 0 Å². The molecule has 0 saturated carbocycles. The number of morpholine rings is 1. The van der Waals surface area contributed by atoms with E-state index in [0.717, 1.165) is 19.4 Å². The van der Waals surface area contributed by atoms with E-state index in [9.17, 15) is 18.0 Å². The Balaban J connectivity index is 1.55. The number of halogens is 3. The first-order chi connectivity index (χ1) is 12.9. The summed E-state index contributed by atoms with van der Waals surface area (Å²) in [5.74, 6) is -0.601. The van der Waals surface area contributed by atoms with Gasteiger partial charge in [0.1, 0.15) is 5.76 Å². The molecule has 0 unspecified atom stereocenters. The van der Waals surface area contributed by atoms with Gasteiger partial charge in [0.2, 0.25) is 5.91 Å². The van der Waals surface area contributed by atoms with Crippen molar-refractivity contribution < 1.29 is 27.1 Å². The molecule has 2 aromatic rings. The van der Waals surface area contributed by atoms with Gasteiger partial charge in [0, 0.05) is 19.5 Å². The fraction of sp³-hybridized carbons (Fsp3) is 0.600. The predicted octanol–water partition coefficient (Wildman–Crippen LogP) is 0.908. The molecule has 1 aliphatic heterocycles. The van der Waals surface area contributed by atoms with Crippen molar-refractivity contribution in [3.63, 3.8) is 0 Å². The minimum Gasteiger partial charge on any atom is -0.467 e. The molecule has 1 N–H and O–H groups in total. The summed E-state index contributed by atoms with van der Waals surface area (Å²) in [7, 11) is 0. The van der Waals surface area contributed by atoms with Crippen LogP contribution >= 0.6 is 0 Å². The third-order valence-corrected chi connectivity index (χ3v) is 4.09. The van der Waals surface area contributed by atoms with Crippen LogP contribution in [0.2, 0.25) is 0 Å². The Hall–Kier alpha value is -2.47.